The second-order valence-corrected chi connectivity index (χ2v) is 8.46. The van der Waals surface area contributed by atoms with Crippen molar-refractivity contribution in [2.24, 2.45) is 0 Å². The molecule has 0 bridgehead atoms. The minimum atomic E-state index is -3.59. The van der Waals surface area contributed by atoms with Gasteiger partial charge in [-0.05, 0) is 61.7 Å². The molecule has 0 radical (unpaired) electrons. The molecule has 6 heteroatoms. The zero-order valence-electron chi connectivity index (χ0n) is 14.8. The normalized spacial score (nSPS) is 16.2. The number of hydrogen-bond acceptors (Lipinski definition) is 3. The summed E-state index contributed by atoms with van der Waals surface area (Å²) in [6.45, 7) is 7.88. The molecule has 1 fully saturated rings. The number of rotatable bonds is 3. The van der Waals surface area contributed by atoms with E-state index in [1.165, 1.54) is 33.6 Å². The monoisotopic (exact) mass is 362 g/mol. The third kappa shape index (κ3) is 3.41. The van der Waals surface area contributed by atoms with Crippen LogP contribution < -0.4 is 4.90 Å². The summed E-state index contributed by atoms with van der Waals surface area (Å²) in [5, 5.41) is 0. The number of hydrogen-bond donors (Lipinski definition) is 0. The summed E-state index contributed by atoms with van der Waals surface area (Å²) in [6, 6.07) is 10.2. The van der Waals surface area contributed by atoms with Gasteiger partial charge in [-0.15, -0.1) is 0 Å². The summed E-state index contributed by atoms with van der Waals surface area (Å²) in [5.41, 5.74) is 3.96. The predicted octanol–water partition coefficient (Wildman–Crippen LogP) is 3.26. The van der Waals surface area contributed by atoms with E-state index in [0.29, 0.717) is 31.7 Å². The average molecular weight is 362 g/mol. The molecule has 1 aliphatic heterocycles. The van der Waals surface area contributed by atoms with Gasteiger partial charge < -0.3 is 4.90 Å². The second kappa shape index (κ2) is 6.77. The molecule has 0 spiro atoms. The number of benzene rings is 2. The summed E-state index contributed by atoms with van der Waals surface area (Å²) >= 11 is 0. The predicted molar refractivity (Wildman–Crippen MR) is 98.0 cm³/mol. The van der Waals surface area contributed by atoms with Crippen molar-refractivity contribution >= 4 is 15.7 Å². The van der Waals surface area contributed by atoms with E-state index in [4.69, 9.17) is 0 Å². The number of anilines is 1. The lowest BCUT2D eigenvalue weighted by molar-refractivity contribution is 0.384. The Labute approximate surface area is 148 Å². The van der Waals surface area contributed by atoms with E-state index in [0.717, 1.165) is 5.69 Å². The summed E-state index contributed by atoms with van der Waals surface area (Å²) < 4.78 is 40.5. The van der Waals surface area contributed by atoms with Crippen LogP contribution in [-0.2, 0) is 10.0 Å². The Bertz CT molecular complexity index is 888. The van der Waals surface area contributed by atoms with Gasteiger partial charge in [0.15, 0.2) is 0 Å². The molecule has 0 amide bonds. The Hall–Kier alpha value is -1.92. The van der Waals surface area contributed by atoms with Crippen LogP contribution in [0.4, 0.5) is 10.1 Å². The minimum absolute atomic E-state index is 0.159. The fourth-order valence-corrected chi connectivity index (χ4v) is 4.68. The van der Waals surface area contributed by atoms with E-state index in [-0.39, 0.29) is 4.90 Å². The topological polar surface area (TPSA) is 40.6 Å². The van der Waals surface area contributed by atoms with Gasteiger partial charge in [0.05, 0.1) is 4.90 Å². The van der Waals surface area contributed by atoms with Crippen molar-refractivity contribution in [1.82, 2.24) is 4.31 Å². The summed E-state index contributed by atoms with van der Waals surface area (Å²) in [4.78, 5) is 2.39. The van der Waals surface area contributed by atoms with Crippen LogP contribution in [0.5, 0.6) is 0 Å². The molecule has 2 aromatic carbocycles. The van der Waals surface area contributed by atoms with Crippen LogP contribution in [0.25, 0.3) is 0 Å². The van der Waals surface area contributed by atoms with E-state index in [9.17, 15) is 12.8 Å². The van der Waals surface area contributed by atoms with Crippen LogP contribution in [0.3, 0.4) is 0 Å². The fourth-order valence-electron chi connectivity index (χ4n) is 3.17. The summed E-state index contributed by atoms with van der Waals surface area (Å²) in [6.07, 6.45) is 0. The van der Waals surface area contributed by atoms with Gasteiger partial charge in [0.1, 0.15) is 5.82 Å². The maximum atomic E-state index is 13.4. The maximum Gasteiger partial charge on any atom is 0.243 e. The van der Waals surface area contributed by atoms with Gasteiger partial charge in [-0.1, -0.05) is 12.1 Å². The molecule has 0 aromatic heterocycles. The van der Waals surface area contributed by atoms with Crippen LogP contribution in [0.1, 0.15) is 16.7 Å². The van der Waals surface area contributed by atoms with E-state index < -0.39 is 15.8 Å². The van der Waals surface area contributed by atoms with Crippen molar-refractivity contribution in [3.63, 3.8) is 0 Å². The molecular weight excluding hydrogens is 339 g/mol. The lowest BCUT2D eigenvalue weighted by Crippen LogP contribution is -2.48. The molecule has 0 unspecified atom stereocenters. The van der Waals surface area contributed by atoms with Gasteiger partial charge >= 0.3 is 0 Å². The Morgan fingerprint density at radius 2 is 1.60 bits per heavy atom. The maximum absolute atomic E-state index is 13.4. The fraction of sp³-hybridized carbons (Fsp3) is 0.368. The molecule has 25 heavy (non-hydrogen) atoms. The van der Waals surface area contributed by atoms with Gasteiger partial charge in [-0.2, -0.15) is 4.31 Å². The van der Waals surface area contributed by atoms with E-state index in [1.54, 1.807) is 6.92 Å². The van der Waals surface area contributed by atoms with Gasteiger partial charge in [0.25, 0.3) is 0 Å². The molecule has 0 aliphatic carbocycles. The molecule has 3 rings (SSSR count). The molecule has 1 aliphatic rings. The third-order valence-electron chi connectivity index (χ3n) is 4.92. The Balaban J connectivity index is 1.77. The zero-order valence-corrected chi connectivity index (χ0v) is 15.6. The van der Waals surface area contributed by atoms with Gasteiger partial charge in [-0.3, -0.25) is 0 Å². The first-order valence-corrected chi connectivity index (χ1v) is 9.82. The van der Waals surface area contributed by atoms with E-state index >= 15 is 0 Å². The zero-order chi connectivity index (χ0) is 18.2. The quantitative estimate of drug-likeness (QED) is 0.841. The highest BCUT2D eigenvalue weighted by atomic mass is 32.2. The number of halogens is 1. The second-order valence-electron chi connectivity index (χ2n) is 6.52. The summed E-state index contributed by atoms with van der Waals surface area (Å²) in [5.74, 6) is -0.390. The Morgan fingerprint density at radius 1 is 0.920 bits per heavy atom. The molecule has 1 saturated heterocycles. The van der Waals surface area contributed by atoms with E-state index in [2.05, 4.69) is 30.9 Å². The highest BCUT2D eigenvalue weighted by Gasteiger charge is 2.29. The van der Waals surface area contributed by atoms with Crippen molar-refractivity contribution in [3.8, 4) is 0 Å². The average Bonchev–Trinajstić information content (AvgIpc) is 2.60. The van der Waals surface area contributed by atoms with Crippen LogP contribution >= 0.6 is 0 Å². The number of sulfonamides is 1. The lowest BCUT2D eigenvalue weighted by atomic mass is 10.1. The molecule has 0 saturated carbocycles. The first-order valence-electron chi connectivity index (χ1n) is 8.38. The van der Waals surface area contributed by atoms with Gasteiger partial charge in [0.2, 0.25) is 10.0 Å². The highest BCUT2D eigenvalue weighted by molar-refractivity contribution is 7.89. The van der Waals surface area contributed by atoms with Crippen LogP contribution in [0, 0.1) is 26.6 Å². The van der Waals surface area contributed by atoms with E-state index in [1.807, 2.05) is 6.07 Å². The van der Waals surface area contributed by atoms with Crippen LogP contribution in [0.2, 0.25) is 0 Å². The molecule has 4 nitrogen and oxygen atoms in total. The van der Waals surface area contributed by atoms with Gasteiger partial charge in [-0.25, -0.2) is 12.8 Å². The third-order valence-corrected chi connectivity index (χ3v) is 6.82. The number of aryl methyl sites for hydroxylation is 2. The Kier molecular flexibility index (Phi) is 4.84. The van der Waals surface area contributed by atoms with Crippen molar-refractivity contribution in [2.45, 2.75) is 25.7 Å². The SMILES string of the molecule is Cc1cc(S(=O)(=O)N2CCN(c3cccc(C)c3C)CC2)ccc1F. The molecule has 1 heterocycles. The first-order chi connectivity index (χ1) is 11.8. The largest absolute Gasteiger partial charge is 0.369 e. The number of piperazine rings is 1. The van der Waals surface area contributed by atoms with Crippen LogP contribution in [0.15, 0.2) is 41.3 Å². The number of nitrogens with zero attached hydrogens (tertiary/aromatic N) is 2. The highest BCUT2D eigenvalue weighted by Crippen LogP contribution is 2.26. The smallest absolute Gasteiger partial charge is 0.243 e. The van der Waals surface area contributed by atoms with Gasteiger partial charge in [0, 0.05) is 31.9 Å². The molecule has 134 valence electrons. The molecule has 0 N–H and O–H groups in total. The van der Waals surface area contributed by atoms with Crippen molar-refractivity contribution < 1.29 is 12.8 Å². The standard InChI is InChI=1S/C19H23FN2O2S/c1-14-5-4-6-19(16(14)3)21-9-11-22(12-10-21)25(23,24)17-7-8-18(20)15(2)13-17/h4-8,13H,9-12H2,1-3H3. The van der Waals surface area contributed by atoms with Crippen molar-refractivity contribution in [1.29, 1.82) is 0 Å². The van der Waals surface area contributed by atoms with Crippen molar-refractivity contribution in [3.05, 3.63) is 58.9 Å². The Morgan fingerprint density at radius 3 is 2.24 bits per heavy atom. The van der Waals surface area contributed by atoms with Crippen molar-refractivity contribution in [2.75, 3.05) is 31.1 Å². The first kappa shape index (κ1) is 17.9. The molecule has 0 atom stereocenters. The lowest BCUT2D eigenvalue weighted by Gasteiger charge is -2.36. The molecule has 2 aromatic rings. The summed E-state index contributed by atoms with van der Waals surface area (Å²) in [7, 11) is -3.59. The van der Waals surface area contributed by atoms with Crippen LogP contribution in [-0.4, -0.2) is 38.9 Å². The molecular formula is C19H23FN2O2S. The minimum Gasteiger partial charge on any atom is -0.369 e.